The second-order valence-electron chi connectivity index (χ2n) is 10.6. The molecule has 0 spiro atoms. The van der Waals surface area contributed by atoms with Gasteiger partial charge >= 0.3 is 6.09 Å². The molecule has 2 rings (SSSR count). The fourth-order valence-corrected chi connectivity index (χ4v) is 4.95. The molecule has 0 unspecified atom stereocenters. The largest absolute Gasteiger partial charge is 0.439 e. The van der Waals surface area contributed by atoms with Gasteiger partial charge in [0.25, 0.3) is 5.91 Å². The van der Waals surface area contributed by atoms with Crippen LogP contribution in [0.3, 0.4) is 0 Å². The van der Waals surface area contributed by atoms with Crippen LogP contribution in [0.2, 0.25) is 0 Å². The van der Waals surface area contributed by atoms with Crippen molar-refractivity contribution in [3.63, 3.8) is 0 Å². The molecule has 0 saturated heterocycles. The minimum Gasteiger partial charge on any atom is -0.439 e. The number of allylic oxidation sites excluding steroid dienone is 4. The number of aliphatic hydroxyl groups excluding tert-OH is 1. The van der Waals surface area contributed by atoms with E-state index >= 15 is 0 Å². The summed E-state index contributed by atoms with van der Waals surface area (Å²) >= 11 is 0. The van der Waals surface area contributed by atoms with Gasteiger partial charge in [0.2, 0.25) is 11.6 Å². The van der Waals surface area contributed by atoms with Crippen LogP contribution in [-0.4, -0.2) is 73.9 Å². The lowest BCUT2D eigenvalue weighted by Crippen LogP contribution is -2.37. The number of fused-ring (bicyclic) bond motifs is 2. The molecule has 42 heavy (non-hydrogen) atoms. The number of aliphatic hydroxyl groups is 1. The Morgan fingerprint density at radius 2 is 1.90 bits per heavy atom. The van der Waals surface area contributed by atoms with Crippen LogP contribution in [-0.2, 0) is 28.6 Å². The normalized spacial score (nSPS) is 31.6. The highest BCUT2D eigenvalue weighted by molar-refractivity contribution is 6.23. The molecule has 2 aliphatic rings. The van der Waals surface area contributed by atoms with Crippen molar-refractivity contribution in [1.29, 1.82) is 0 Å². The van der Waals surface area contributed by atoms with E-state index in [4.69, 9.17) is 19.9 Å². The number of hydrogen-bond acceptors (Lipinski definition) is 9. The number of ketones is 2. The molecule has 1 heterocycles. The maximum Gasteiger partial charge on any atom is 0.405 e. The van der Waals surface area contributed by atoms with Gasteiger partial charge in [0.05, 0.1) is 23.6 Å². The predicted octanol–water partition coefficient (Wildman–Crippen LogP) is 2.54. The summed E-state index contributed by atoms with van der Waals surface area (Å²) in [4.78, 5) is 51.3. The van der Waals surface area contributed by atoms with Crippen molar-refractivity contribution in [2.75, 3.05) is 20.8 Å². The van der Waals surface area contributed by atoms with Gasteiger partial charge in [0.1, 0.15) is 6.10 Å². The summed E-state index contributed by atoms with van der Waals surface area (Å²) in [6.07, 6.45) is 5.34. The first-order valence-corrected chi connectivity index (χ1v) is 13.8. The van der Waals surface area contributed by atoms with Gasteiger partial charge in [-0.15, -0.1) is 6.58 Å². The number of Topliss-reactive ketones (excluding diaryl/α,β-unsaturated/α-hetero) is 1. The van der Waals surface area contributed by atoms with Crippen LogP contribution in [0.5, 0.6) is 0 Å². The maximum absolute atomic E-state index is 13.5. The lowest BCUT2D eigenvalue weighted by Gasteiger charge is -2.30. The molecule has 0 radical (unpaired) electrons. The molecular weight excluding hydrogens is 542 g/mol. The lowest BCUT2D eigenvalue weighted by atomic mass is 9.85. The van der Waals surface area contributed by atoms with Gasteiger partial charge in [0.15, 0.2) is 6.10 Å². The van der Waals surface area contributed by atoms with Gasteiger partial charge in [-0.3, -0.25) is 14.4 Å². The Labute approximate surface area is 247 Å². The van der Waals surface area contributed by atoms with E-state index in [-0.39, 0.29) is 41.4 Å². The van der Waals surface area contributed by atoms with Crippen LogP contribution < -0.4 is 16.4 Å². The Morgan fingerprint density at radius 3 is 2.50 bits per heavy atom. The number of nitrogens with two attached hydrogens (primary N) is 1. The van der Waals surface area contributed by atoms with Crippen molar-refractivity contribution >= 4 is 23.6 Å². The van der Waals surface area contributed by atoms with Crippen LogP contribution in [0.25, 0.3) is 0 Å². The molecule has 230 valence electrons. The summed E-state index contributed by atoms with van der Waals surface area (Å²) in [5.74, 6) is -2.14. The van der Waals surface area contributed by atoms with Crippen molar-refractivity contribution in [2.24, 2.45) is 17.6 Å². The summed E-state index contributed by atoms with van der Waals surface area (Å²) < 4.78 is 16.6. The lowest BCUT2D eigenvalue weighted by molar-refractivity contribution is -0.120. The molecule has 1 aliphatic heterocycles. The number of primary amides is 1. The smallest absolute Gasteiger partial charge is 0.405 e. The summed E-state index contributed by atoms with van der Waals surface area (Å²) in [6, 6.07) is 0. The van der Waals surface area contributed by atoms with Crippen molar-refractivity contribution in [3.05, 3.63) is 71.1 Å². The fraction of sp³-hybridized carbons (Fsp3) is 0.484. The molecule has 2 amide bonds. The Morgan fingerprint density at radius 1 is 1.21 bits per heavy atom. The quantitative estimate of drug-likeness (QED) is 0.271. The molecule has 0 fully saturated rings. The third kappa shape index (κ3) is 9.10. The molecule has 11 heteroatoms. The molecule has 0 aromatic rings. The molecule has 5 N–H and O–H groups in total. The number of carbonyl (C=O) groups excluding carboxylic acids is 4. The Balaban J connectivity index is 2.62. The summed E-state index contributed by atoms with van der Waals surface area (Å²) in [7, 11) is 2.92. The van der Waals surface area contributed by atoms with E-state index in [1.165, 1.54) is 20.3 Å². The first-order valence-electron chi connectivity index (χ1n) is 13.8. The standard InChI is InChI=1S/C31H43N3O8/c1-8-12-33-26-21-13-17(2)14-25(41-7)27(36)19(4)15-20(5)29(42-31(32)39)24(40-6)11-9-10-18(3)30(38)34-22(28(21)37)16-23(26)35/h8-11,15-17,19,24-25,27,29,33,36H,1,12-14H2,2-7H3,(H2,32,39)(H,34,38)/b11-9+,18-10-,20-15+/t17-,19+,24-,25-,27-,29-/m0/s1. The predicted molar refractivity (Wildman–Crippen MR) is 158 cm³/mol. The average molecular weight is 586 g/mol. The third-order valence-electron chi connectivity index (χ3n) is 7.22. The van der Waals surface area contributed by atoms with Crippen LogP contribution >= 0.6 is 0 Å². The van der Waals surface area contributed by atoms with E-state index in [9.17, 15) is 24.3 Å². The number of amides is 2. The van der Waals surface area contributed by atoms with E-state index in [2.05, 4.69) is 17.2 Å². The van der Waals surface area contributed by atoms with Crippen LogP contribution in [0.4, 0.5) is 4.79 Å². The molecule has 0 saturated carbocycles. The minimum absolute atomic E-state index is 0.132. The molecule has 0 aromatic heterocycles. The monoisotopic (exact) mass is 585 g/mol. The van der Waals surface area contributed by atoms with Gasteiger partial charge < -0.3 is 35.7 Å². The number of carbonyl (C=O) groups is 4. The first-order chi connectivity index (χ1) is 19.8. The molecule has 0 aromatic carbocycles. The minimum atomic E-state index is -1.00. The summed E-state index contributed by atoms with van der Waals surface area (Å²) in [5.41, 5.74) is 6.42. The van der Waals surface area contributed by atoms with Crippen molar-refractivity contribution < 1.29 is 38.5 Å². The van der Waals surface area contributed by atoms with Crippen molar-refractivity contribution in [2.45, 2.75) is 65.0 Å². The van der Waals surface area contributed by atoms with Crippen molar-refractivity contribution in [1.82, 2.24) is 10.6 Å². The highest BCUT2D eigenvalue weighted by Gasteiger charge is 2.33. The van der Waals surface area contributed by atoms with E-state index in [1.807, 2.05) is 6.92 Å². The van der Waals surface area contributed by atoms with Crippen molar-refractivity contribution in [3.8, 4) is 0 Å². The van der Waals surface area contributed by atoms with E-state index in [0.717, 1.165) is 6.08 Å². The molecule has 1 aliphatic carbocycles. The Kier molecular flexibility index (Phi) is 13.1. The van der Waals surface area contributed by atoms with E-state index < -0.39 is 53.9 Å². The van der Waals surface area contributed by atoms with Gasteiger partial charge in [-0.05, 0) is 38.2 Å². The SMILES string of the molecule is C=CCNC1=C2C[C@H](C)C[C@H](OC)[C@@H](O)[C@H](C)/C=C(\C)[C@H](OC(N)=O)[C@@H](OC)/C=C/C=C(/C)C(=O)NC(=CC1=O)C2=O. The highest BCUT2D eigenvalue weighted by Crippen LogP contribution is 2.28. The Hall–Kier alpha value is -3.80. The zero-order chi connectivity index (χ0) is 31.6. The number of rotatable bonds is 6. The van der Waals surface area contributed by atoms with Crippen LogP contribution in [0, 0.1) is 11.8 Å². The summed E-state index contributed by atoms with van der Waals surface area (Å²) in [5, 5.41) is 16.7. The first kappa shape index (κ1) is 34.4. The van der Waals surface area contributed by atoms with Crippen LogP contribution in [0.15, 0.2) is 71.1 Å². The molecule has 6 atom stereocenters. The van der Waals surface area contributed by atoms with Gasteiger partial charge in [-0.2, -0.15) is 0 Å². The zero-order valence-corrected chi connectivity index (χ0v) is 25.1. The van der Waals surface area contributed by atoms with Gasteiger partial charge in [0, 0.05) is 43.9 Å². The molecule has 11 nitrogen and oxygen atoms in total. The second-order valence-corrected chi connectivity index (χ2v) is 10.6. The number of methoxy groups -OCH3 is 2. The Bertz CT molecular complexity index is 1210. The highest BCUT2D eigenvalue weighted by atomic mass is 16.6. The molecular formula is C31H43N3O8. The average Bonchev–Trinajstić information content (AvgIpc) is 2.94. The van der Waals surface area contributed by atoms with E-state index in [1.54, 1.807) is 45.1 Å². The van der Waals surface area contributed by atoms with Gasteiger partial charge in [-0.1, -0.05) is 44.2 Å². The number of nitrogens with one attached hydrogen (secondary N) is 2. The van der Waals surface area contributed by atoms with E-state index in [0.29, 0.717) is 12.0 Å². The third-order valence-corrected chi connectivity index (χ3v) is 7.22. The topological polar surface area (TPSA) is 166 Å². The van der Waals surface area contributed by atoms with Crippen LogP contribution in [0.1, 0.15) is 40.5 Å². The maximum atomic E-state index is 13.5. The van der Waals surface area contributed by atoms with Gasteiger partial charge in [-0.25, -0.2) is 4.79 Å². The number of ether oxygens (including phenoxy) is 3. The molecule has 2 bridgehead atoms. The second kappa shape index (κ2) is 16.0. The fourth-order valence-electron chi connectivity index (χ4n) is 4.95. The zero-order valence-electron chi connectivity index (χ0n) is 25.1. The number of hydrogen-bond donors (Lipinski definition) is 4. The summed E-state index contributed by atoms with van der Waals surface area (Å²) in [6.45, 7) is 10.9.